The first-order valence-corrected chi connectivity index (χ1v) is 4.78. The number of benzene rings is 1. The number of para-hydroxylation sites is 1. The molecule has 0 spiro atoms. The number of anilines is 1. The summed E-state index contributed by atoms with van der Waals surface area (Å²) in [4.78, 5) is 11.5. The highest BCUT2D eigenvalue weighted by Crippen LogP contribution is 2.12. The van der Waals surface area contributed by atoms with E-state index in [4.69, 9.17) is 0 Å². The van der Waals surface area contributed by atoms with E-state index in [1.807, 2.05) is 0 Å². The Hall–Kier alpha value is -2.17. The van der Waals surface area contributed by atoms with Crippen LogP contribution in [0.15, 0.2) is 36.5 Å². The Morgan fingerprint density at radius 2 is 2.19 bits per heavy atom. The van der Waals surface area contributed by atoms with Crippen molar-refractivity contribution in [1.29, 1.82) is 0 Å². The normalized spacial score (nSPS) is 10.1. The zero-order valence-electron chi connectivity index (χ0n) is 8.40. The molecule has 0 bridgehead atoms. The lowest BCUT2D eigenvalue weighted by molar-refractivity contribution is -0.115. The van der Waals surface area contributed by atoms with E-state index >= 15 is 0 Å². The molecule has 4 nitrogen and oxygen atoms in total. The molecule has 0 aliphatic heterocycles. The molecule has 0 radical (unpaired) electrons. The SMILES string of the molecule is O=C(Cc1ccn[nH]1)Nc1ccccc1F. The second-order valence-electron chi connectivity index (χ2n) is 3.29. The Morgan fingerprint density at radius 1 is 1.38 bits per heavy atom. The average Bonchev–Trinajstić information content (AvgIpc) is 2.74. The molecule has 0 saturated carbocycles. The Kier molecular flexibility index (Phi) is 2.95. The van der Waals surface area contributed by atoms with Gasteiger partial charge >= 0.3 is 0 Å². The highest BCUT2D eigenvalue weighted by atomic mass is 19.1. The number of carbonyl (C=O) groups is 1. The molecule has 5 heteroatoms. The van der Waals surface area contributed by atoms with Crippen LogP contribution in [0.25, 0.3) is 0 Å². The second-order valence-corrected chi connectivity index (χ2v) is 3.29. The molecule has 1 heterocycles. The van der Waals surface area contributed by atoms with E-state index in [0.717, 1.165) is 0 Å². The molecule has 0 atom stereocenters. The van der Waals surface area contributed by atoms with Gasteiger partial charge in [0, 0.05) is 11.9 Å². The Morgan fingerprint density at radius 3 is 2.88 bits per heavy atom. The van der Waals surface area contributed by atoms with Gasteiger partial charge in [-0.3, -0.25) is 9.89 Å². The zero-order chi connectivity index (χ0) is 11.4. The molecule has 16 heavy (non-hydrogen) atoms. The number of rotatable bonds is 3. The standard InChI is InChI=1S/C11H10FN3O/c12-9-3-1-2-4-10(9)14-11(16)7-8-5-6-13-15-8/h1-6H,7H2,(H,13,15)(H,14,16). The molecule has 2 aromatic rings. The summed E-state index contributed by atoms with van der Waals surface area (Å²) in [5.41, 5.74) is 0.876. The van der Waals surface area contributed by atoms with Gasteiger partial charge in [-0.05, 0) is 18.2 Å². The molecular weight excluding hydrogens is 209 g/mol. The van der Waals surface area contributed by atoms with Crippen LogP contribution in [0.1, 0.15) is 5.69 Å². The molecule has 1 aromatic carbocycles. The van der Waals surface area contributed by atoms with Crippen LogP contribution in [0.5, 0.6) is 0 Å². The molecule has 82 valence electrons. The number of nitrogens with one attached hydrogen (secondary N) is 2. The fraction of sp³-hybridized carbons (Fsp3) is 0.0909. The number of aromatic nitrogens is 2. The van der Waals surface area contributed by atoms with E-state index in [1.165, 1.54) is 12.1 Å². The van der Waals surface area contributed by atoms with E-state index < -0.39 is 5.82 Å². The van der Waals surface area contributed by atoms with Gasteiger partial charge in [-0.2, -0.15) is 5.10 Å². The molecule has 0 aliphatic rings. The van der Waals surface area contributed by atoms with Crippen LogP contribution in [-0.4, -0.2) is 16.1 Å². The number of H-pyrrole nitrogens is 1. The summed E-state index contributed by atoms with van der Waals surface area (Å²) in [7, 11) is 0. The van der Waals surface area contributed by atoms with Gasteiger partial charge in [-0.15, -0.1) is 0 Å². The number of halogens is 1. The van der Waals surface area contributed by atoms with E-state index in [9.17, 15) is 9.18 Å². The molecule has 1 amide bonds. The number of carbonyl (C=O) groups excluding carboxylic acids is 1. The Bertz CT molecular complexity index is 482. The monoisotopic (exact) mass is 219 g/mol. The summed E-state index contributed by atoms with van der Waals surface area (Å²) < 4.78 is 13.2. The van der Waals surface area contributed by atoms with E-state index in [-0.39, 0.29) is 18.0 Å². The summed E-state index contributed by atoms with van der Waals surface area (Å²) in [6, 6.07) is 7.74. The van der Waals surface area contributed by atoms with Crippen LogP contribution in [0.3, 0.4) is 0 Å². The molecule has 1 aromatic heterocycles. The average molecular weight is 219 g/mol. The van der Waals surface area contributed by atoms with Crippen molar-refractivity contribution < 1.29 is 9.18 Å². The molecule has 2 rings (SSSR count). The van der Waals surface area contributed by atoms with Gasteiger partial charge < -0.3 is 5.32 Å². The van der Waals surface area contributed by atoms with Crippen molar-refractivity contribution >= 4 is 11.6 Å². The summed E-state index contributed by atoms with van der Waals surface area (Å²) in [6.45, 7) is 0. The fourth-order valence-electron chi connectivity index (χ4n) is 1.31. The number of amides is 1. The molecular formula is C11H10FN3O. The van der Waals surface area contributed by atoms with Gasteiger partial charge in [0.15, 0.2) is 0 Å². The highest BCUT2D eigenvalue weighted by molar-refractivity contribution is 5.92. The highest BCUT2D eigenvalue weighted by Gasteiger charge is 2.07. The van der Waals surface area contributed by atoms with Crippen LogP contribution in [0.4, 0.5) is 10.1 Å². The maximum Gasteiger partial charge on any atom is 0.230 e. The van der Waals surface area contributed by atoms with Gasteiger partial charge in [0.05, 0.1) is 12.1 Å². The third-order valence-corrected chi connectivity index (χ3v) is 2.06. The van der Waals surface area contributed by atoms with Gasteiger partial charge in [0.1, 0.15) is 5.82 Å². The minimum Gasteiger partial charge on any atom is -0.323 e. The number of hydrogen-bond acceptors (Lipinski definition) is 2. The molecule has 2 N–H and O–H groups in total. The fourth-order valence-corrected chi connectivity index (χ4v) is 1.31. The van der Waals surface area contributed by atoms with Crippen molar-refractivity contribution in [1.82, 2.24) is 10.2 Å². The van der Waals surface area contributed by atoms with Gasteiger partial charge in [0.2, 0.25) is 5.91 Å². The van der Waals surface area contributed by atoms with Crippen LogP contribution < -0.4 is 5.32 Å². The Labute approximate surface area is 91.5 Å². The third-order valence-electron chi connectivity index (χ3n) is 2.06. The summed E-state index contributed by atoms with van der Waals surface area (Å²) >= 11 is 0. The maximum atomic E-state index is 13.2. The van der Waals surface area contributed by atoms with Gasteiger partial charge in [0.25, 0.3) is 0 Å². The van der Waals surface area contributed by atoms with E-state index in [1.54, 1.807) is 24.4 Å². The molecule has 0 unspecified atom stereocenters. The summed E-state index contributed by atoms with van der Waals surface area (Å²) in [5.74, 6) is -0.727. The predicted octanol–water partition coefficient (Wildman–Crippen LogP) is 1.73. The molecule has 0 saturated heterocycles. The minimum absolute atomic E-state index is 0.147. The van der Waals surface area contributed by atoms with Crippen molar-refractivity contribution in [3.8, 4) is 0 Å². The van der Waals surface area contributed by atoms with Crippen molar-refractivity contribution in [2.45, 2.75) is 6.42 Å². The van der Waals surface area contributed by atoms with Crippen molar-refractivity contribution in [2.24, 2.45) is 0 Å². The zero-order valence-corrected chi connectivity index (χ0v) is 8.40. The van der Waals surface area contributed by atoms with Crippen LogP contribution in [0.2, 0.25) is 0 Å². The first-order valence-electron chi connectivity index (χ1n) is 4.78. The van der Waals surface area contributed by atoms with Crippen LogP contribution in [-0.2, 0) is 11.2 Å². The smallest absolute Gasteiger partial charge is 0.230 e. The van der Waals surface area contributed by atoms with E-state index in [0.29, 0.717) is 5.69 Å². The van der Waals surface area contributed by atoms with Crippen molar-refractivity contribution in [2.75, 3.05) is 5.32 Å². The predicted molar refractivity (Wildman–Crippen MR) is 57.3 cm³/mol. The summed E-state index contributed by atoms with van der Waals surface area (Å²) in [5, 5.41) is 8.87. The van der Waals surface area contributed by atoms with Crippen LogP contribution >= 0.6 is 0 Å². The van der Waals surface area contributed by atoms with Gasteiger partial charge in [-0.1, -0.05) is 12.1 Å². The quantitative estimate of drug-likeness (QED) is 0.825. The lowest BCUT2D eigenvalue weighted by atomic mass is 10.2. The lowest BCUT2D eigenvalue weighted by Crippen LogP contribution is -2.15. The first-order chi connectivity index (χ1) is 7.75. The third kappa shape index (κ3) is 2.44. The second kappa shape index (κ2) is 4.57. The lowest BCUT2D eigenvalue weighted by Gasteiger charge is -2.04. The topological polar surface area (TPSA) is 57.8 Å². The first kappa shape index (κ1) is 10.4. The van der Waals surface area contributed by atoms with Gasteiger partial charge in [-0.25, -0.2) is 4.39 Å². The maximum absolute atomic E-state index is 13.2. The van der Waals surface area contributed by atoms with E-state index in [2.05, 4.69) is 15.5 Å². The van der Waals surface area contributed by atoms with Crippen molar-refractivity contribution in [3.63, 3.8) is 0 Å². The number of nitrogens with zero attached hydrogens (tertiary/aromatic N) is 1. The number of aromatic amines is 1. The van der Waals surface area contributed by atoms with Crippen molar-refractivity contribution in [3.05, 3.63) is 48.0 Å². The minimum atomic E-state index is -0.444. The molecule has 0 fully saturated rings. The number of hydrogen-bond donors (Lipinski definition) is 2. The summed E-state index contributed by atoms with van der Waals surface area (Å²) in [6.07, 6.45) is 1.71. The van der Waals surface area contributed by atoms with Crippen LogP contribution in [0, 0.1) is 5.82 Å². The Balaban J connectivity index is 2.00. The largest absolute Gasteiger partial charge is 0.323 e. The molecule has 0 aliphatic carbocycles.